The van der Waals surface area contributed by atoms with Crippen molar-refractivity contribution >= 4 is 23.0 Å². The predicted molar refractivity (Wildman–Crippen MR) is 108 cm³/mol. The maximum atomic E-state index is 13.7. The number of nitrogens with one attached hydrogen (secondary N) is 1. The Morgan fingerprint density at radius 1 is 1.07 bits per heavy atom. The summed E-state index contributed by atoms with van der Waals surface area (Å²) in [7, 11) is 0. The second-order valence-corrected chi connectivity index (χ2v) is 7.89. The topological polar surface area (TPSA) is 67.2 Å². The first-order chi connectivity index (χ1) is 14.2. The van der Waals surface area contributed by atoms with Crippen molar-refractivity contribution in [1.29, 1.82) is 0 Å². The number of fused-ring (bicyclic) bond motifs is 1. The number of amides is 3. The van der Waals surface area contributed by atoms with Crippen LogP contribution < -0.4 is 5.32 Å². The summed E-state index contributed by atoms with van der Waals surface area (Å²) in [5.41, 5.74) is 1.11. The third-order valence-corrected chi connectivity index (χ3v) is 5.59. The number of alkyl halides is 2. The molecule has 1 aromatic heterocycles. The molecule has 0 saturated carbocycles. The van der Waals surface area contributed by atoms with Gasteiger partial charge in [0.25, 0.3) is 5.91 Å². The minimum absolute atomic E-state index is 0.0471. The number of hydrogen-bond acceptors (Lipinski definition) is 3. The van der Waals surface area contributed by atoms with Crippen molar-refractivity contribution in [2.75, 3.05) is 0 Å². The maximum Gasteiger partial charge on any atom is 0.325 e. The van der Waals surface area contributed by atoms with Crippen LogP contribution in [0.15, 0.2) is 48.5 Å². The number of carbonyl (C=O) groups is 2. The molecule has 2 heterocycles. The molecule has 1 N–H and O–H groups in total. The second kappa shape index (κ2) is 7.19. The third-order valence-electron chi connectivity index (χ3n) is 5.59. The van der Waals surface area contributed by atoms with Crippen molar-refractivity contribution in [3.8, 4) is 0 Å². The fraction of sp³-hybridized carbons (Fsp3) is 0.318. The van der Waals surface area contributed by atoms with Crippen LogP contribution in [0, 0.1) is 0 Å². The van der Waals surface area contributed by atoms with Crippen molar-refractivity contribution in [2.24, 2.45) is 0 Å². The Morgan fingerprint density at radius 2 is 1.73 bits per heavy atom. The van der Waals surface area contributed by atoms with Crippen LogP contribution in [-0.2, 0) is 16.9 Å². The summed E-state index contributed by atoms with van der Waals surface area (Å²) in [4.78, 5) is 31.0. The number of benzene rings is 2. The van der Waals surface area contributed by atoms with Crippen molar-refractivity contribution in [1.82, 2.24) is 19.8 Å². The number of imide groups is 1. The van der Waals surface area contributed by atoms with Crippen molar-refractivity contribution in [3.63, 3.8) is 0 Å². The number of halogens is 2. The lowest BCUT2D eigenvalue weighted by atomic mass is 9.90. The summed E-state index contributed by atoms with van der Waals surface area (Å²) in [6.45, 7) is 2.56. The van der Waals surface area contributed by atoms with E-state index in [1.54, 1.807) is 25.1 Å². The quantitative estimate of drug-likeness (QED) is 0.627. The summed E-state index contributed by atoms with van der Waals surface area (Å²) >= 11 is 0. The van der Waals surface area contributed by atoms with Crippen LogP contribution in [0.2, 0.25) is 0 Å². The van der Waals surface area contributed by atoms with Crippen LogP contribution in [0.25, 0.3) is 11.0 Å². The Labute approximate surface area is 172 Å². The Kier molecular flexibility index (Phi) is 4.80. The van der Waals surface area contributed by atoms with Gasteiger partial charge in [-0.05, 0) is 36.1 Å². The lowest BCUT2D eigenvalue weighted by Gasteiger charge is -2.23. The molecular formula is C22H22F2N4O2. The molecule has 3 aromatic rings. The van der Waals surface area contributed by atoms with Gasteiger partial charge < -0.3 is 5.32 Å². The van der Waals surface area contributed by atoms with Gasteiger partial charge in [0.1, 0.15) is 11.4 Å². The van der Waals surface area contributed by atoms with Gasteiger partial charge in [-0.1, -0.05) is 50.2 Å². The van der Waals surface area contributed by atoms with Gasteiger partial charge in [0.15, 0.2) is 0 Å². The van der Waals surface area contributed by atoms with E-state index >= 15 is 0 Å². The van der Waals surface area contributed by atoms with E-state index in [0.717, 1.165) is 15.0 Å². The molecule has 1 fully saturated rings. The Hall–Kier alpha value is -3.29. The first-order valence-corrected chi connectivity index (χ1v) is 9.71. The highest BCUT2D eigenvalue weighted by atomic mass is 19.3. The highest BCUT2D eigenvalue weighted by Crippen LogP contribution is 2.32. The van der Waals surface area contributed by atoms with Gasteiger partial charge >= 0.3 is 12.6 Å². The third kappa shape index (κ3) is 3.12. The Morgan fingerprint density at radius 3 is 2.37 bits per heavy atom. The molecule has 4 rings (SSSR count). The second-order valence-electron chi connectivity index (χ2n) is 7.89. The number of hydrogen-bond donors (Lipinski definition) is 1. The smallest absolute Gasteiger partial charge is 0.319 e. The molecule has 6 nitrogen and oxygen atoms in total. The highest BCUT2D eigenvalue weighted by Gasteiger charge is 2.49. The Balaban J connectivity index is 1.67. The van der Waals surface area contributed by atoms with Crippen LogP contribution in [0.4, 0.5) is 13.6 Å². The first-order valence-electron chi connectivity index (χ1n) is 9.71. The number of rotatable bonds is 5. The van der Waals surface area contributed by atoms with Gasteiger partial charge in [-0.2, -0.15) is 8.78 Å². The lowest BCUT2D eigenvalue weighted by Crippen LogP contribution is -2.40. The van der Waals surface area contributed by atoms with Gasteiger partial charge in [-0.15, -0.1) is 0 Å². The molecule has 0 aliphatic carbocycles. The number of urea groups is 1. The van der Waals surface area contributed by atoms with E-state index < -0.39 is 24.0 Å². The molecule has 0 bridgehead atoms. The fourth-order valence-corrected chi connectivity index (χ4v) is 3.80. The molecule has 2 aromatic carbocycles. The molecule has 30 heavy (non-hydrogen) atoms. The number of nitrogens with zero attached hydrogens (tertiary/aromatic N) is 3. The molecule has 0 spiro atoms. The van der Waals surface area contributed by atoms with Crippen molar-refractivity contribution in [3.05, 3.63) is 65.5 Å². The van der Waals surface area contributed by atoms with E-state index in [4.69, 9.17) is 0 Å². The zero-order chi connectivity index (χ0) is 21.6. The molecule has 1 aliphatic heterocycles. The summed E-state index contributed by atoms with van der Waals surface area (Å²) < 4.78 is 28.1. The standard InChI is InChI=1S/C22H22F2N4O2/c1-13(2)14-8-10-15(11-9-14)22(3)19(29)27(21(30)26-22)12-18-25-16-6-4-5-7-17(16)28(18)20(23)24/h4-11,13,20H,12H2,1-3H3,(H,26,30). The summed E-state index contributed by atoms with van der Waals surface area (Å²) in [5.74, 6) is -0.216. The maximum absolute atomic E-state index is 13.7. The number of carbonyl (C=O) groups excluding carboxylic acids is 2. The Bertz CT molecular complexity index is 1120. The van der Waals surface area contributed by atoms with E-state index in [1.807, 2.05) is 24.3 Å². The van der Waals surface area contributed by atoms with Gasteiger partial charge in [-0.3, -0.25) is 14.3 Å². The molecule has 8 heteroatoms. The molecular weight excluding hydrogens is 390 g/mol. The van der Waals surface area contributed by atoms with Crippen LogP contribution in [0.1, 0.15) is 50.2 Å². The normalized spacial score (nSPS) is 19.4. The summed E-state index contributed by atoms with van der Waals surface area (Å²) in [6, 6.07) is 13.3. The van der Waals surface area contributed by atoms with E-state index in [1.165, 1.54) is 6.07 Å². The molecule has 1 atom stereocenters. The fourth-order valence-electron chi connectivity index (χ4n) is 3.80. The largest absolute Gasteiger partial charge is 0.325 e. The molecule has 1 unspecified atom stereocenters. The number of para-hydroxylation sites is 2. The molecule has 156 valence electrons. The highest BCUT2D eigenvalue weighted by molar-refractivity contribution is 6.07. The summed E-state index contributed by atoms with van der Waals surface area (Å²) in [6.07, 6.45) is 0. The molecule has 0 radical (unpaired) electrons. The van der Waals surface area contributed by atoms with Crippen LogP contribution >= 0.6 is 0 Å². The van der Waals surface area contributed by atoms with Gasteiger partial charge in [0, 0.05) is 0 Å². The zero-order valence-corrected chi connectivity index (χ0v) is 16.9. The number of imidazole rings is 1. The van der Waals surface area contributed by atoms with Gasteiger partial charge in [0.05, 0.1) is 17.6 Å². The van der Waals surface area contributed by atoms with E-state index in [2.05, 4.69) is 24.1 Å². The van der Waals surface area contributed by atoms with E-state index in [-0.39, 0.29) is 17.9 Å². The average Bonchev–Trinajstić information content (AvgIpc) is 3.19. The summed E-state index contributed by atoms with van der Waals surface area (Å²) in [5, 5.41) is 2.71. The SMILES string of the molecule is CC(C)c1ccc(C2(C)NC(=O)N(Cc3nc4ccccc4n3C(F)F)C2=O)cc1. The minimum atomic E-state index is -2.84. The van der Waals surface area contributed by atoms with Crippen LogP contribution in [0.5, 0.6) is 0 Å². The van der Waals surface area contributed by atoms with Gasteiger partial charge in [0.2, 0.25) is 0 Å². The van der Waals surface area contributed by atoms with Crippen molar-refractivity contribution < 1.29 is 18.4 Å². The molecule has 1 aliphatic rings. The van der Waals surface area contributed by atoms with Crippen LogP contribution in [-0.4, -0.2) is 26.4 Å². The molecule has 3 amide bonds. The first kappa shape index (κ1) is 20.0. The predicted octanol–water partition coefficient (Wildman–Crippen LogP) is 4.52. The van der Waals surface area contributed by atoms with Gasteiger partial charge in [-0.25, -0.2) is 9.78 Å². The zero-order valence-electron chi connectivity index (χ0n) is 16.9. The van der Waals surface area contributed by atoms with E-state index in [0.29, 0.717) is 17.0 Å². The van der Waals surface area contributed by atoms with Crippen molar-refractivity contribution in [2.45, 2.75) is 45.3 Å². The monoisotopic (exact) mass is 412 g/mol. The lowest BCUT2D eigenvalue weighted by molar-refractivity contribution is -0.131. The average molecular weight is 412 g/mol. The van der Waals surface area contributed by atoms with E-state index in [9.17, 15) is 18.4 Å². The minimum Gasteiger partial charge on any atom is -0.319 e. The molecule has 1 saturated heterocycles. The number of aromatic nitrogens is 2. The van der Waals surface area contributed by atoms with Crippen LogP contribution in [0.3, 0.4) is 0 Å².